The zero-order valence-corrected chi connectivity index (χ0v) is 14.4. The molecule has 0 fully saturated rings. The summed E-state index contributed by atoms with van der Waals surface area (Å²) >= 11 is 3.35. The highest BCUT2D eigenvalue weighted by molar-refractivity contribution is 9.10. The van der Waals surface area contributed by atoms with Gasteiger partial charge in [-0.3, -0.25) is 0 Å². The summed E-state index contributed by atoms with van der Waals surface area (Å²) < 4.78 is 6.18. The third-order valence-corrected chi connectivity index (χ3v) is 3.61. The third-order valence-electron chi connectivity index (χ3n) is 3.08. The Labute approximate surface area is 139 Å². The molecule has 0 aromatic heterocycles. The van der Waals surface area contributed by atoms with E-state index in [0.29, 0.717) is 5.75 Å². The molecule has 0 aliphatic carbocycles. The maximum atomic E-state index is 11.7. The van der Waals surface area contributed by atoms with Gasteiger partial charge in [0.15, 0.2) is 0 Å². The van der Waals surface area contributed by atoms with Gasteiger partial charge in [-0.25, -0.2) is 4.79 Å². The number of benzene rings is 2. The van der Waals surface area contributed by atoms with E-state index in [9.17, 15) is 4.79 Å². The molecule has 2 aromatic carbocycles. The average molecular weight is 357 g/mol. The van der Waals surface area contributed by atoms with Crippen LogP contribution >= 0.6 is 15.9 Å². The first-order chi connectivity index (χ1) is 10.3. The SMILES string of the molecule is CC(C)(C)c1ccc(OC(=O)C#Cc2ccc(Br)cc2)cc1. The molecule has 112 valence electrons. The molecule has 0 aliphatic rings. The van der Waals surface area contributed by atoms with Crippen LogP contribution in [-0.4, -0.2) is 5.97 Å². The number of esters is 1. The molecule has 0 saturated heterocycles. The van der Waals surface area contributed by atoms with Gasteiger partial charge in [-0.2, -0.15) is 0 Å². The Balaban J connectivity index is 2.02. The lowest BCUT2D eigenvalue weighted by Gasteiger charge is -2.18. The maximum absolute atomic E-state index is 11.7. The summed E-state index contributed by atoms with van der Waals surface area (Å²) in [6, 6.07) is 14.9. The molecule has 0 amide bonds. The summed E-state index contributed by atoms with van der Waals surface area (Å²) in [4.78, 5) is 11.7. The predicted octanol–water partition coefficient (Wildman–Crippen LogP) is 4.70. The molecule has 0 aliphatic heterocycles. The van der Waals surface area contributed by atoms with E-state index in [2.05, 4.69) is 48.5 Å². The fourth-order valence-corrected chi connectivity index (χ4v) is 2.08. The van der Waals surface area contributed by atoms with Crippen molar-refractivity contribution in [1.82, 2.24) is 0 Å². The van der Waals surface area contributed by atoms with Crippen molar-refractivity contribution < 1.29 is 9.53 Å². The largest absolute Gasteiger partial charge is 0.417 e. The Hall–Kier alpha value is -2.05. The highest BCUT2D eigenvalue weighted by atomic mass is 79.9. The van der Waals surface area contributed by atoms with Crippen molar-refractivity contribution >= 4 is 21.9 Å². The van der Waals surface area contributed by atoms with Gasteiger partial charge in [-0.15, -0.1) is 0 Å². The van der Waals surface area contributed by atoms with Gasteiger partial charge in [-0.1, -0.05) is 54.8 Å². The second-order valence-corrected chi connectivity index (χ2v) is 6.84. The molecule has 0 radical (unpaired) electrons. The van der Waals surface area contributed by atoms with Gasteiger partial charge in [0, 0.05) is 16.0 Å². The average Bonchev–Trinajstić information content (AvgIpc) is 2.46. The molecular weight excluding hydrogens is 340 g/mol. The highest BCUT2D eigenvalue weighted by Crippen LogP contribution is 2.24. The minimum Gasteiger partial charge on any atom is -0.417 e. The van der Waals surface area contributed by atoms with Crippen molar-refractivity contribution in [3.8, 4) is 17.6 Å². The smallest absolute Gasteiger partial charge is 0.390 e. The lowest BCUT2D eigenvalue weighted by molar-refractivity contribution is -0.128. The van der Waals surface area contributed by atoms with E-state index in [4.69, 9.17) is 4.74 Å². The van der Waals surface area contributed by atoms with Crippen molar-refractivity contribution in [2.24, 2.45) is 0 Å². The van der Waals surface area contributed by atoms with E-state index in [1.807, 2.05) is 36.4 Å². The normalized spacial score (nSPS) is 10.5. The molecule has 3 heteroatoms. The molecule has 0 heterocycles. The van der Waals surface area contributed by atoms with Crippen molar-refractivity contribution in [2.75, 3.05) is 0 Å². The standard InChI is InChI=1S/C19H17BrO2/c1-19(2,3)15-7-11-17(12-8-15)22-18(21)13-6-14-4-9-16(20)10-5-14/h4-5,7-12H,1-3H3. The summed E-state index contributed by atoms with van der Waals surface area (Å²) in [6.45, 7) is 6.41. The van der Waals surface area contributed by atoms with Crippen LogP contribution in [0, 0.1) is 11.8 Å². The molecule has 0 unspecified atom stereocenters. The zero-order valence-electron chi connectivity index (χ0n) is 12.8. The first-order valence-electron chi connectivity index (χ1n) is 6.94. The molecule has 2 nitrogen and oxygen atoms in total. The van der Waals surface area contributed by atoms with E-state index < -0.39 is 5.97 Å². The van der Waals surface area contributed by atoms with Crippen LogP contribution in [0.1, 0.15) is 31.9 Å². The zero-order chi connectivity index (χ0) is 16.2. The number of carbonyl (C=O) groups excluding carboxylic acids is 1. The Kier molecular flexibility index (Phi) is 5.05. The van der Waals surface area contributed by atoms with E-state index in [1.165, 1.54) is 5.56 Å². The third kappa shape index (κ3) is 4.75. The quantitative estimate of drug-likeness (QED) is 0.420. The van der Waals surface area contributed by atoms with Gasteiger partial charge in [-0.05, 0) is 47.4 Å². The molecule has 2 rings (SSSR count). The number of carbonyl (C=O) groups is 1. The number of ether oxygens (including phenoxy) is 1. The highest BCUT2D eigenvalue weighted by Gasteiger charge is 2.13. The van der Waals surface area contributed by atoms with Crippen LogP contribution in [0.5, 0.6) is 5.75 Å². The Morgan fingerprint density at radius 3 is 2.14 bits per heavy atom. The topological polar surface area (TPSA) is 26.3 Å². The summed E-state index contributed by atoms with van der Waals surface area (Å²) in [5.41, 5.74) is 2.03. The van der Waals surface area contributed by atoms with Crippen LogP contribution in [0.15, 0.2) is 53.0 Å². The number of halogens is 1. The van der Waals surface area contributed by atoms with Crippen LogP contribution in [0.3, 0.4) is 0 Å². The fourth-order valence-electron chi connectivity index (χ4n) is 1.81. The fraction of sp³-hybridized carbons (Fsp3) is 0.211. The van der Waals surface area contributed by atoms with Crippen LogP contribution in [-0.2, 0) is 10.2 Å². The Morgan fingerprint density at radius 1 is 1.00 bits per heavy atom. The summed E-state index contributed by atoms with van der Waals surface area (Å²) in [7, 11) is 0. The second kappa shape index (κ2) is 6.81. The molecule has 0 spiro atoms. The summed E-state index contributed by atoms with van der Waals surface area (Å²) in [5.74, 6) is 5.21. The summed E-state index contributed by atoms with van der Waals surface area (Å²) in [5, 5.41) is 0. The minimum atomic E-state index is -0.563. The minimum absolute atomic E-state index is 0.0733. The molecule has 2 aromatic rings. The van der Waals surface area contributed by atoms with E-state index in [-0.39, 0.29) is 5.41 Å². The van der Waals surface area contributed by atoms with Crippen molar-refractivity contribution in [2.45, 2.75) is 26.2 Å². The van der Waals surface area contributed by atoms with Crippen molar-refractivity contribution in [1.29, 1.82) is 0 Å². The van der Waals surface area contributed by atoms with E-state index >= 15 is 0 Å². The first-order valence-corrected chi connectivity index (χ1v) is 7.74. The number of hydrogen-bond donors (Lipinski definition) is 0. The lowest BCUT2D eigenvalue weighted by Crippen LogP contribution is -2.11. The monoisotopic (exact) mass is 356 g/mol. The van der Waals surface area contributed by atoms with Gasteiger partial charge in [0.25, 0.3) is 0 Å². The molecular formula is C19H17BrO2. The number of hydrogen-bond acceptors (Lipinski definition) is 2. The molecule has 0 bridgehead atoms. The molecule has 0 N–H and O–H groups in total. The van der Waals surface area contributed by atoms with Crippen LogP contribution < -0.4 is 4.74 Å². The maximum Gasteiger partial charge on any atom is 0.390 e. The van der Waals surface area contributed by atoms with Crippen LogP contribution in [0.4, 0.5) is 0 Å². The number of rotatable bonds is 1. The molecule has 0 atom stereocenters. The summed E-state index contributed by atoms with van der Waals surface area (Å²) in [6.07, 6.45) is 0. The van der Waals surface area contributed by atoms with Gasteiger partial charge in [0.2, 0.25) is 0 Å². The van der Waals surface area contributed by atoms with E-state index in [1.54, 1.807) is 12.1 Å². The van der Waals surface area contributed by atoms with Crippen molar-refractivity contribution in [3.05, 3.63) is 64.1 Å². The van der Waals surface area contributed by atoms with Gasteiger partial charge >= 0.3 is 5.97 Å². The molecule has 0 saturated carbocycles. The first kappa shape index (κ1) is 16.3. The van der Waals surface area contributed by atoms with Gasteiger partial charge in [0.05, 0.1) is 0 Å². The van der Waals surface area contributed by atoms with Gasteiger partial charge in [0.1, 0.15) is 5.75 Å². The predicted molar refractivity (Wildman–Crippen MR) is 91.8 cm³/mol. The van der Waals surface area contributed by atoms with Crippen LogP contribution in [0.25, 0.3) is 0 Å². The Morgan fingerprint density at radius 2 is 1.59 bits per heavy atom. The lowest BCUT2D eigenvalue weighted by atomic mass is 9.87. The van der Waals surface area contributed by atoms with Crippen molar-refractivity contribution in [3.63, 3.8) is 0 Å². The Bertz CT molecular complexity index is 711. The van der Waals surface area contributed by atoms with Gasteiger partial charge < -0.3 is 4.74 Å². The second-order valence-electron chi connectivity index (χ2n) is 5.92. The van der Waals surface area contributed by atoms with Crippen LogP contribution in [0.2, 0.25) is 0 Å². The molecule has 22 heavy (non-hydrogen) atoms. The van der Waals surface area contributed by atoms with E-state index in [0.717, 1.165) is 10.0 Å².